The van der Waals surface area contributed by atoms with E-state index >= 15 is 0 Å². The second-order valence-electron chi connectivity index (χ2n) is 4.85. The quantitative estimate of drug-likeness (QED) is 0.914. The van der Waals surface area contributed by atoms with Gasteiger partial charge in [0.1, 0.15) is 11.6 Å². The molecule has 0 spiro atoms. The SMILES string of the molecule is CC1=NO[C@](C)(CNC(=O)c2cc(F)ccc2F)C1. The highest BCUT2D eigenvalue weighted by Gasteiger charge is 2.33. The van der Waals surface area contributed by atoms with E-state index in [1.165, 1.54) is 0 Å². The monoisotopic (exact) mass is 268 g/mol. The highest BCUT2D eigenvalue weighted by molar-refractivity contribution is 5.94. The minimum atomic E-state index is -0.760. The van der Waals surface area contributed by atoms with Gasteiger partial charge < -0.3 is 10.2 Å². The van der Waals surface area contributed by atoms with Crippen LogP contribution < -0.4 is 5.32 Å². The predicted molar refractivity (Wildman–Crippen MR) is 65.9 cm³/mol. The molecule has 1 atom stereocenters. The van der Waals surface area contributed by atoms with Gasteiger partial charge in [0.2, 0.25) is 0 Å². The third kappa shape index (κ3) is 3.07. The molecule has 1 aromatic rings. The van der Waals surface area contributed by atoms with Crippen LogP contribution in [0.15, 0.2) is 23.4 Å². The lowest BCUT2D eigenvalue weighted by molar-refractivity contribution is -0.00185. The molecule has 1 aliphatic heterocycles. The zero-order valence-electron chi connectivity index (χ0n) is 10.7. The second kappa shape index (κ2) is 4.95. The molecule has 2 rings (SSSR count). The van der Waals surface area contributed by atoms with Crippen LogP contribution in [0.3, 0.4) is 0 Å². The Morgan fingerprint density at radius 2 is 2.26 bits per heavy atom. The van der Waals surface area contributed by atoms with E-state index in [9.17, 15) is 13.6 Å². The zero-order valence-corrected chi connectivity index (χ0v) is 10.7. The number of nitrogens with zero attached hydrogens (tertiary/aromatic N) is 1. The third-order valence-electron chi connectivity index (χ3n) is 2.85. The first-order valence-electron chi connectivity index (χ1n) is 5.84. The maximum atomic E-state index is 13.4. The van der Waals surface area contributed by atoms with Gasteiger partial charge in [0.15, 0.2) is 5.60 Å². The number of carbonyl (C=O) groups excluding carboxylic acids is 1. The first-order valence-corrected chi connectivity index (χ1v) is 5.84. The Balaban J connectivity index is 2.00. The fourth-order valence-electron chi connectivity index (χ4n) is 1.92. The summed E-state index contributed by atoms with van der Waals surface area (Å²) < 4.78 is 26.4. The number of oxime groups is 1. The van der Waals surface area contributed by atoms with Crippen molar-refractivity contribution in [2.75, 3.05) is 6.54 Å². The Bertz CT molecular complexity index is 545. The number of carbonyl (C=O) groups is 1. The smallest absolute Gasteiger partial charge is 0.254 e. The number of hydrogen-bond donors (Lipinski definition) is 1. The van der Waals surface area contributed by atoms with Crippen molar-refractivity contribution in [2.24, 2.45) is 5.16 Å². The molecule has 0 aliphatic carbocycles. The molecule has 0 saturated carbocycles. The molecule has 4 nitrogen and oxygen atoms in total. The van der Waals surface area contributed by atoms with Gasteiger partial charge in [0.05, 0.1) is 17.8 Å². The van der Waals surface area contributed by atoms with Crippen molar-refractivity contribution >= 4 is 11.6 Å². The molecule has 102 valence electrons. The van der Waals surface area contributed by atoms with Gasteiger partial charge in [0, 0.05) is 6.42 Å². The van der Waals surface area contributed by atoms with Crippen LogP contribution in [0, 0.1) is 11.6 Å². The third-order valence-corrected chi connectivity index (χ3v) is 2.85. The number of amides is 1. The van der Waals surface area contributed by atoms with E-state index in [0.717, 1.165) is 23.9 Å². The van der Waals surface area contributed by atoms with Gasteiger partial charge in [-0.05, 0) is 32.0 Å². The van der Waals surface area contributed by atoms with E-state index in [4.69, 9.17) is 4.84 Å². The largest absolute Gasteiger partial charge is 0.387 e. The summed E-state index contributed by atoms with van der Waals surface area (Å²) in [5.74, 6) is -2.09. The maximum Gasteiger partial charge on any atom is 0.254 e. The van der Waals surface area contributed by atoms with Crippen LogP contribution in [0.4, 0.5) is 8.78 Å². The lowest BCUT2D eigenvalue weighted by atomic mass is 10.0. The average Bonchev–Trinajstić information content (AvgIpc) is 2.70. The number of nitrogens with one attached hydrogen (secondary N) is 1. The summed E-state index contributed by atoms with van der Waals surface area (Å²) in [4.78, 5) is 17.0. The Labute approximate surface area is 109 Å². The van der Waals surface area contributed by atoms with Gasteiger partial charge in [-0.1, -0.05) is 5.16 Å². The van der Waals surface area contributed by atoms with Crippen LogP contribution in [0.25, 0.3) is 0 Å². The van der Waals surface area contributed by atoms with E-state index < -0.39 is 23.1 Å². The fourth-order valence-corrected chi connectivity index (χ4v) is 1.92. The number of rotatable bonds is 3. The van der Waals surface area contributed by atoms with Gasteiger partial charge in [-0.15, -0.1) is 0 Å². The van der Waals surface area contributed by atoms with Crippen molar-refractivity contribution < 1.29 is 18.4 Å². The summed E-state index contributed by atoms with van der Waals surface area (Å²) in [6.45, 7) is 3.77. The van der Waals surface area contributed by atoms with Crippen molar-refractivity contribution in [3.05, 3.63) is 35.4 Å². The Hall–Kier alpha value is -1.98. The molecule has 1 aliphatic rings. The van der Waals surface area contributed by atoms with Crippen LogP contribution in [0.5, 0.6) is 0 Å². The Kier molecular flexibility index (Phi) is 3.50. The lowest BCUT2D eigenvalue weighted by Gasteiger charge is -2.21. The number of halogens is 2. The minimum absolute atomic E-state index is 0.169. The van der Waals surface area contributed by atoms with Crippen LogP contribution in [-0.4, -0.2) is 23.8 Å². The Morgan fingerprint density at radius 3 is 2.89 bits per heavy atom. The standard InChI is InChI=1S/C13H14F2N2O2/c1-8-6-13(2,19-17-8)7-16-12(18)10-5-9(14)3-4-11(10)15/h3-5H,6-7H2,1-2H3,(H,16,18)/t13-/m0/s1. The minimum Gasteiger partial charge on any atom is -0.387 e. The number of benzene rings is 1. The molecule has 1 aromatic carbocycles. The molecule has 0 saturated heterocycles. The van der Waals surface area contributed by atoms with Crippen LogP contribution in [0.2, 0.25) is 0 Å². The van der Waals surface area contributed by atoms with Gasteiger partial charge in [-0.3, -0.25) is 4.79 Å². The topological polar surface area (TPSA) is 50.7 Å². The highest BCUT2D eigenvalue weighted by Crippen LogP contribution is 2.22. The van der Waals surface area contributed by atoms with Crippen LogP contribution in [-0.2, 0) is 4.84 Å². The van der Waals surface area contributed by atoms with E-state index in [-0.39, 0.29) is 12.1 Å². The van der Waals surface area contributed by atoms with Crippen LogP contribution in [0.1, 0.15) is 30.6 Å². The lowest BCUT2D eigenvalue weighted by Crippen LogP contribution is -2.41. The molecular weight excluding hydrogens is 254 g/mol. The highest BCUT2D eigenvalue weighted by atomic mass is 19.1. The molecule has 6 heteroatoms. The van der Waals surface area contributed by atoms with E-state index in [2.05, 4.69) is 10.5 Å². The normalized spacial score (nSPS) is 21.8. The van der Waals surface area contributed by atoms with Crippen molar-refractivity contribution in [3.8, 4) is 0 Å². The first kappa shape index (κ1) is 13.5. The van der Waals surface area contributed by atoms with E-state index in [1.54, 1.807) is 6.92 Å². The summed E-state index contributed by atoms with van der Waals surface area (Å²) in [6.07, 6.45) is 0.582. The molecule has 1 amide bonds. The van der Waals surface area contributed by atoms with Crippen molar-refractivity contribution in [2.45, 2.75) is 25.9 Å². The fraction of sp³-hybridized carbons (Fsp3) is 0.385. The molecule has 19 heavy (non-hydrogen) atoms. The zero-order chi connectivity index (χ0) is 14.0. The summed E-state index contributed by atoms with van der Waals surface area (Å²) in [5, 5.41) is 6.33. The molecule has 0 bridgehead atoms. The molecule has 0 unspecified atom stereocenters. The summed E-state index contributed by atoms with van der Waals surface area (Å²) in [5.41, 5.74) is -0.128. The number of hydrogen-bond acceptors (Lipinski definition) is 3. The molecule has 0 fully saturated rings. The second-order valence-corrected chi connectivity index (χ2v) is 4.85. The predicted octanol–water partition coefficient (Wildman–Crippen LogP) is 2.25. The summed E-state index contributed by atoms with van der Waals surface area (Å²) in [7, 11) is 0. The molecule has 0 aromatic heterocycles. The van der Waals surface area contributed by atoms with Gasteiger partial charge in [0.25, 0.3) is 5.91 Å². The van der Waals surface area contributed by atoms with Crippen LogP contribution >= 0.6 is 0 Å². The molecule has 1 N–H and O–H groups in total. The molecule has 1 heterocycles. The summed E-state index contributed by atoms with van der Waals surface area (Å²) >= 11 is 0. The average molecular weight is 268 g/mol. The molecular formula is C13H14F2N2O2. The van der Waals surface area contributed by atoms with E-state index in [0.29, 0.717) is 6.42 Å². The van der Waals surface area contributed by atoms with Gasteiger partial charge in [-0.2, -0.15) is 0 Å². The van der Waals surface area contributed by atoms with E-state index in [1.807, 2.05) is 6.92 Å². The first-order chi connectivity index (χ1) is 8.89. The van der Waals surface area contributed by atoms with Gasteiger partial charge in [-0.25, -0.2) is 8.78 Å². The van der Waals surface area contributed by atoms with Crippen molar-refractivity contribution in [1.82, 2.24) is 5.32 Å². The molecule has 0 radical (unpaired) electrons. The van der Waals surface area contributed by atoms with Gasteiger partial charge >= 0.3 is 0 Å². The Morgan fingerprint density at radius 1 is 1.53 bits per heavy atom. The van der Waals surface area contributed by atoms with Crippen molar-refractivity contribution in [3.63, 3.8) is 0 Å². The van der Waals surface area contributed by atoms with Crippen molar-refractivity contribution in [1.29, 1.82) is 0 Å². The maximum absolute atomic E-state index is 13.4. The summed E-state index contributed by atoms with van der Waals surface area (Å²) in [6, 6.07) is 2.75.